The van der Waals surface area contributed by atoms with Crippen LogP contribution in [0.5, 0.6) is 0 Å². The van der Waals surface area contributed by atoms with Gasteiger partial charge in [0.05, 0.1) is 11.6 Å². The van der Waals surface area contributed by atoms with Gasteiger partial charge in [-0.25, -0.2) is 0 Å². The lowest BCUT2D eigenvalue weighted by Crippen LogP contribution is -2.70. The van der Waals surface area contributed by atoms with E-state index in [1.807, 2.05) is 20.8 Å². The fraction of sp³-hybridized carbons (Fsp3) is 0.857. The van der Waals surface area contributed by atoms with Crippen molar-refractivity contribution in [3.63, 3.8) is 0 Å². The van der Waals surface area contributed by atoms with Gasteiger partial charge >= 0.3 is 0 Å². The normalized spacial score (nSPS) is 43.5. The van der Waals surface area contributed by atoms with Crippen molar-refractivity contribution in [3.8, 4) is 0 Å². The van der Waals surface area contributed by atoms with E-state index in [0.29, 0.717) is 12.5 Å². The molecule has 4 atom stereocenters. The molecule has 3 rings (SSSR count). The molecule has 1 aliphatic carbocycles. The molecule has 2 heterocycles. The number of rotatable bonds is 2. The molecule has 3 fully saturated rings. The molecule has 4 unspecified atom stereocenters. The third-order valence-electron chi connectivity index (χ3n) is 5.06. The third-order valence-corrected chi connectivity index (χ3v) is 5.06. The Bertz CT molecular complexity index is 421. The Morgan fingerprint density at radius 3 is 2.53 bits per heavy atom. The Labute approximate surface area is 113 Å². The van der Waals surface area contributed by atoms with Crippen LogP contribution in [0.3, 0.4) is 0 Å². The first-order valence-corrected chi connectivity index (χ1v) is 7.20. The average molecular weight is 266 g/mol. The van der Waals surface area contributed by atoms with Gasteiger partial charge in [-0.05, 0) is 46.0 Å². The highest BCUT2D eigenvalue weighted by Crippen LogP contribution is 2.39. The third kappa shape index (κ3) is 1.86. The van der Waals surface area contributed by atoms with Gasteiger partial charge < -0.3 is 15.0 Å². The highest BCUT2D eigenvalue weighted by Gasteiger charge is 2.54. The van der Waals surface area contributed by atoms with E-state index in [9.17, 15) is 9.59 Å². The monoisotopic (exact) mass is 266 g/mol. The van der Waals surface area contributed by atoms with Crippen molar-refractivity contribution in [1.29, 1.82) is 0 Å². The van der Waals surface area contributed by atoms with Gasteiger partial charge in [-0.2, -0.15) is 0 Å². The minimum atomic E-state index is -0.406. The van der Waals surface area contributed by atoms with E-state index in [1.54, 1.807) is 4.90 Å². The first-order chi connectivity index (χ1) is 8.95. The lowest BCUT2D eigenvalue weighted by Gasteiger charge is -2.48. The van der Waals surface area contributed by atoms with Crippen molar-refractivity contribution in [2.75, 3.05) is 6.61 Å². The Balaban J connectivity index is 1.92. The molecule has 2 aliphatic heterocycles. The molecular formula is C14H22N2O3. The summed E-state index contributed by atoms with van der Waals surface area (Å²) in [6, 6.07) is -0.718. The van der Waals surface area contributed by atoms with Gasteiger partial charge in [0.2, 0.25) is 11.8 Å². The number of nitrogens with one attached hydrogen (secondary N) is 1. The van der Waals surface area contributed by atoms with Crippen LogP contribution in [-0.2, 0) is 14.3 Å². The van der Waals surface area contributed by atoms with Crippen molar-refractivity contribution in [2.24, 2.45) is 5.92 Å². The second-order valence-corrected chi connectivity index (χ2v) is 6.33. The summed E-state index contributed by atoms with van der Waals surface area (Å²) >= 11 is 0. The Morgan fingerprint density at radius 2 is 2.00 bits per heavy atom. The van der Waals surface area contributed by atoms with Gasteiger partial charge in [0.15, 0.2) is 0 Å². The van der Waals surface area contributed by atoms with Crippen LogP contribution in [0.15, 0.2) is 0 Å². The number of nitrogens with zero attached hydrogens (tertiary/aromatic N) is 1. The summed E-state index contributed by atoms with van der Waals surface area (Å²) in [5, 5.41) is 2.89. The maximum Gasteiger partial charge on any atom is 0.246 e. The van der Waals surface area contributed by atoms with Crippen molar-refractivity contribution in [2.45, 2.75) is 63.8 Å². The zero-order valence-electron chi connectivity index (χ0n) is 11.8. The smallest absolute Gasteiger partial charge is 0.246 e. The molecular weight excluding hydrogens is 244 g/mol. The van der Waals surface area contributed by atoms with Gasteiger partial charge in [-0.3, -0.25) is 9.59 Å². The van der Waals surface area contributed by atoms with Crippen LogP contribution in [0.2, 0.25) is 0 Å². The Morgan fingerprint density at radius 1 is 1.32 bits per heavy atom. The van der Waals surface area contributed by atoms with Gasteiger partial charge in [0.25, 0.3) is 0 Å². The summed E-state index contributed by atoms with van der Waals surface area (Å²) in [4.78, 5) is 26.7. The molecule has 106 valence electrons. The minimum absolute atomic E-state index is 0.0235. The zero-order chi connectivity index (χ0) is 13.8. The second-order valence-electron chi connectivity index (χ2n) is 6.33. The summed E-state index contributed by atoms with van der Waals surface area (Å²) in [7, 11) is 0. The van der Waals surface area contributed by atoms with Gasteiger partial charge in [0.1, 0.15) is 12.1 Å². The van der Waals surface area contributed by atoms with E-state index in [2.05, 4.69) is 5.32 Å². The molecule has 1 N–H and O–H groups in total. The summed E-state index contributed by atoms with van der Waals surface area (Å²) < 4.78 is 5.64. The van der Waals surface area contributed by atoms with E-state index in [4.69, 9.17) is 4.74 Å². The van der Waals surface area contributed by atoms with E-state index in [0.717, 1.165) is 19.3 Å². The molecule has 0 aromatic rings. The summed E-state index contributed by atoms with van der Waals surface area (Å²) in [6.07, 6.45) is 2.86. The van der Waals surface area contributed by atoms with Gasteiger partial charge in [-0.1, -0.05) is 0 Å². The van der Waals surface area contributed by atoms with Crippen molar-refractivity contribution in [3.05, 3.63) is 0 Å². The number of hydrogen-bond acceptors (Lipinski definition) is 3. The maximum absolute atomic E-state index is 12.8. The molecule has 2 saturated heterocycles. The van der Waals surface area contributed by atoms with E-state index in [1.165, 1.54) is 0 Å². The van der Waals surface area contributed by atoms with E-state index < -0.39 is 6.04 Å². The largest absolute Gasteiger partial charge is 0.376 e. The average Bonchev–Trinajstić information content (AvgIpc) is 3.13. The van der Waals surface area contributed by atoms with E-state index >= 15 is 0 Å². The molecule has 3 aliphatic rings. The molecule has 0 bridgehead atoms. The number of carbonyl (C=O) groups is 2. The molecule has 0 radical (unpaired) electrons. The highest BCUT2D eigenvalue weighted by molar-refractivity contribution is 5.97. The van der Waals surface area contributed by atoms with Crippen molar-refractivity contribution < 1.29 is 14.3 Å². The SMILES string of the molecule is CC1C(=O)NC(C2CC2)C(=O)N1C1(C)CCOC1C. The molecule has 2 amide bonds. The fourth-order valence-electron chi connectivity index (χ4n) is 3.38. The van der Waals surface area contributed by atoms with Gasteiger partial charge in [0, 0.05) is 6.61 Å². The second kappa shape index (κ2) is 4.20. The van der Waals surface area contributed by atoms with Crippen LogP contribution in [0.25, 0.3) is 0 Å². The Kier molecular flexibility index (Phi) is 2.85. The predicted octanol–water partition coefficient (Wildman–Crippen LogP) is 0.679. The summed E-state index contributed by atoms with van der Waals surface area (Å²) in [6.45, 7) is 6.50. The molecule has 1 saturated carbocycles. The number of carbonyl (C=O) groups excluding carboxylic acids is 2. The number of piperazine rings is 1. The number of hydrogen-bond donors (Lipinski definition) is 1. The van der Waals surface area contributed by atoms with Crippen molar-refractivity contribution in [1.82, 2.24) is 10.2 Å². The first-order valence-electron chi connectivity index (χ1n) is 7.20. The minimum Gasteiger partial charge on any atom is -0.376 e. The molecule has 19 heavy (non-hydrogen) atoms. The number of amides is 2. The molecule has 0 aromatic heterocycles. The van der Waals surface area contributed by atoms with Crippen LogP contribution < -0.4 is 5.32 Å². The van der Waals surface area contributed by atoms with Crippen LogP contribution >= 0.6 is 0 Å². The zero-order valence-corrected chi connectivity index (χ0v) is 11.8. The summed E-state index contributed by atoms with van der Waals surface area (Å²) in [5.41, 5.74) is -0.360. The maximum atomic E-state index is 12.8. The predicted molar refractivity (Wildman–Crippen MR) is 69.4 cm³/mol. The lowest BCUT2D eigenvalue weighted by molar-refractivity contribution is -0.158. The topological polar surface area (TPSA) is 58.6 Å². The molecule has 0 spiro atoms. The van der Waals surface area contributed by atoms with Crippen LogP contribution in [0.1, 0.15) is 40.0 Å². The first kappa shape index (κ1) is 12.9. The highest BCUT2D eigenvalue weighted by atomic mass is 16.5. The van der Waals surface area contributed by atoms with E-state index in [-0.39, 0.29) is 29.5 Å². The van der Waals surface area contributed by atoms with Crippen molar-refractivity contribution >= 4 is 11.8 Å². The van der Waals surface area contributed by atoms with Crippen LogP contribution in [-0.4, -0.2) is 47.0 Å². The van der Waals surface area contributed by atoms with Crippen LogP contribution in [0, 0.1) is 5.92 Å². The fourth-order valence-corrected chi connectivity index (χ4v) is 3.38. The molecule has 0 aromatic carbocycles. The molecule has 5 heteroatoms. The quantitative estimate of drug-likeness (QED) is 0.799. The lowest BCUT2D eigenvalue weighted by atomic mass is 9.88. The number of ether oxygens (including phenoxy) is 1. The standard InChI is InChI=1S/C14H22N2O3/c1-8-12(17)15-11(10-4-5-10)13(18)16(8)14(3)6-7-19-9(14)2/h8-11H,4-7H2,1-3H3,(H,15,17). The van der Waals surface area contributed by atoms with Gasteiger partial charge in [-0.15, -0.1) is 0 Å². The molecule has 5 nitrogen and oxygen atoms in total. The summed E-state index contributed by atoms with van der Waals surface area (Å²) in [5.74, 6) is 0.388. The van der Waals surface area contributed by atoms with Crippen LogP contribution in [0.4, 0.5) is 0 Å². The Hall–Kier alpha value is -1.10.